The number of hydrogen-bond donors (Lipinski definition) is 1. The first-order chi connectivity index (χ1) is 17.7. The summed E-state index contributed by atoms with van der Waals surface area (Å²) in [6, 6.07) is 2.09. The number of nitrogens with zero attached hydrogens (tertiary/aromatic N) is 4. The Morgan fingerprint density at radius 3 is 2.70 bits per heavy atom. The minimum atomic E-state index is -0.554. The van der Waals surface area contributed by atoms with Gasteiger partial charge in [-0.25, -0.2) is 13.8 Å². The van der Waals surface area contributed by atoms with Gasteiger partial charge < -0.3 is 15.4 Å². The number of fused-ring (bicyclic) bond motifs is 2. The first-order valence-electron chi connectivity index (χ1n) is 12.3. The number of aromatic nitrogens is 1. The first-order valence-corrected chi connectivity index (χ1v) is 13.3. The van der Waals surface area contributed by atoms with Crippen molar-refractivity contribution >= 4 is 34.9 Å². The SMILES string of the molecule is CC(=N/C=c1/c2c(c(-c3ncc(F)c4c3C(C#N)=C(N)CS4)c(F)c1=C(C)C)COC2)N1CCC(C)C1. The van der Waals surface area contributed by atoms with E-state index in [1.165, 1.54) is 11.8 Å². The molecule has 192 valence electrons. The van der Waals surface area contributed by atoms with Crippen molar-refractivity contribution in [3.8, 4) is 17.3 Å². The van der Waals surface area contributed by atoms with E-state index >= 15 is 4.39 Å². The highest BCUT2D eigenvalue weighted by Crippen LogP contribution is 2.43. The molecule has 0 bridgehead atoms. The van der Waals surface area contributed by atoms with Gasteiger partial charge >= 0.3 is 0 Å². The second-order valence-corrected chi connectivity index (χ2v) is 11.0. The molecule has 1 aromatic heterocycles. The highest BCUT2D eigenvalue weighted by atomic mass is 32.2. The molecule has 1 atom stereocenters. The molecule has 9 heteroatoms. The quantitative estimate of drug-likeness (QED) is 0.474. The van der Waals surface area contributed by atoms with Gasteiger partial charge in [-0.05, 0) is 44.2 Å². The Hall–Kier alpha value is -3.22. The fourth-order valence-electron chi connectivity index (χ4n) is 5.31. The molecule has 2 aromatic rings. The summed E-state index contributed by atoms with van der Waals surface area (Å²) in [6.45, 7) is 10.3. The summed E-state index contributed by atoms with van der Waals surface area (Å²) in [5, 5.41) is 11.0. The molecule has 4 heterocycles. The van der Waals surface area contributed by atoms with Gasteiger partial charge in [0.15, 0.2) is 5.82 Å². The Morgan fingerprint density at radius 2 is 2.03 bits per heavy atom. The summed E-state index contributed by atoms with van der Waals surface area (Å²) < 4.78 is 37.2. The molecule has 1 unspecified atom stereocenters. The van der Waals surface area contributed by atoms with E-state index in [0.717, 1.165) is 42.7 Å². The van der Waals surface area contributed by atoms with Crippen LogP contribution >= 0.6 is 11.8 Å². The minimum Gasteiger partial charge on any atom is -0.400 e. The third-order valence-corrected chi connectivity index (χ3v) is 8.38. The molecule has 0 saturated carbocycles. The van der Waals surface area contributed by atoms with Gasteiger partial charge in [0.25, 0.3) is 0 Å². The van der Waals surface area contributed by atoms with Crippen molar-refractivity contribution < 1.29 is 13.5 Å². The van der Waals surface area contributed by atoms with Crippen molar-refractivity contribution in [3.63, 3.8) is 0 Å². The molecule has 6 nitrogen and oxygen atoms in total. The highest BCUT2D eigenvalue weighted by Gasteiger charge is 2.31. The van der Waals surface area contributed by atoms with Gasteiger partial charge in [-0.3, -0.25) is 4.98 Å². The number of pyridine rings is 1. The van der Waals surface area contributed by atoms with Crippen LogP contribution in [0.1, 0.15) is 50.8 Å². The molecule has 0 radical (unpaired) electrons. The lowest BCUT2D eigenvalue weighted by Gasteiger charge is -2.21. The van der Waals surface area contributed by atoms with Gasteiger partial charge in [0.2, 0.25) is 0 Å². The summed E-state index contributed by atoms with van der Waals surface area (Å²) in [5.41, 5.74) is 9.51. The third-order valence-electron chi connectivity index (χ3n) is 7.23. The fourth-order valence-corrected chi connectivity index (χ4v) is 6.29. The minimum absolute atomic E-state index is 0.136. The summed E-state index contributed by atoms with van der Waals surface area (Å²) >= 11 is 1.19. The number of nitriles is 1. The molecule has 1 aromatic carbocycles. The molecular weight excluding hydrogens is 492 g/mol. The standard InChI is InChI=1S/C28H29F2N5OS/c1-14(2)23-18(8-33-16(4)35-6-5-15(3)10-35)19-11-36-12-20(19)24(26(23)30)27-25-17(7-31)22(32)13-37-28(25)21(29)9-34-27/h8-9,15H,5-6,10-13,32H2,1-4H3/b18-8-,33-16?. The Balaban J connectivity index is 1.80. The van der Waals surface area contributed by atoms with Gasteiger partial charge in [-0.2, -0.15) is 5.26 Å². The summed E-state index contributed by atoms with van der Waals surface area (Å²) in [4.78, 5) is 11.6. The van der Waals surface area contributed by atoms with Crippen LogP contribution in [0.4, 0.5) is 8.78 Å². The molecule has 5 rings (SSSR count). The number of halogens is 2. The van der Waals surface area contributed by atoms with Crippen LogP contribution in [0.25, 0.3) is 28.6 Å². The Morgan fingerprint density at radius 1 is 1.27 bits per heavy atom. The Labute approximate surface area is 219 Å². The molecule has 0 aliphatic carbocycles. The summed E-state index contributed by atoms with van der Waals surface area (Å²) in [5.74, 6) is 0.767. The largest absolute Gasteiger partial charge is 0.400 e. The lowest BCUT2D eigenvalue weighted by molar-refractivity contribution is 0.134. The second-order valence-electron chi connectivity index (χ2n) is 10.0. The van der Waals surface area contributed by atoms with Gasteiger partial charge in [-0.15, -0.1) is 11.8 Å². The Kier molecular flexibility index (Phi) is 6.82. The predicted octanol–water partition coefficient (Wildman–Crippen LogP) is 4.04. The van der Waals surface area contributed by atoms with Gasteiger partial charge in [0.1, 0.15) is 17.7 Å². The first kappa shape index (κ1) is 25.4. The van der Waals surface area contributed by atoms with Crippen LogP contribution in [-0.2, 0) is 18.0 Å². The maximum absolute atomic E-state index is 16.6. The lowest BCUT2D eigenvalue weighted by atomic mass is 9.90. The number of hydrogen-bond acceptors (Lipinski definition) is 6. The predicted molar refractivity (Wildman–Crippen MR) is 142 cm³/mol. The average molecular weight is 522 g/mol. The van der Waals surface area contributed by atoms with Crippen LogP contribution in [0.2, 0.25) is 0 Å². The van der Waals surface area contributed by atoms with E-state index in [1.54, 1.807) is 6.20 Å². The number of likely N-dealkylation sites (tertiary alicyclic amines) is 1. The molecule has 1 fully saturated rings. The molecule has 0 amide bonds. The van der Waals surface area contributed by atoms with Gasteiger partial charge in [0, 0.05) is 52.3 Å². The number of benzene rings is 1. The Bertz CT molecular complexity index is 1540. The number of thioether (sulfide) groups is 1. The van der Waals surface area contributed by atoms with Crippen LogP contribution in [-0.4, -0.2) is 34.6 Å². The van der Waals surface area contributed by atoms with Crippen molar-refractivity contribution in [1.82, 2.24) is 9.88 Å². The summed E-state index contributed by atoms with van der Waals surface area (Å²) in [6.07, 6.45) is 3.96. The monoisotopic (exact) mass is 521 g/mol. The van der Waals surface area contributed by atoms with Crippen molar-refractivity contribution in [1.29, 1.82) is 5.26 Å². The molecule has 0 spiro atoms. The molecule has 3 aliphatic rings. The number of aliphatic imine (C=N–C) groups is 1. The number of nitrogens with two attached hydrogens (primary N) is 1. The van der Waals surface area contributed by atoms with Crippen molar-refractivity contribution in [2.75, 3.05) is 18.8 Å². The van der Waals surface area contributed by atoms with E-state index in [4.69, 9.17) is 15.5 Å². The van der Waals surface area contributed by atoms with E-state index in [1.807, 2.05) is 20.8 Å². The van der Waals surface area contributed by atoms with Crippen LogP contribution in [0.15, 0.2) is 21.8 Å². The number of allylic oxidation sites excluding steroid dienone is 1. The molecular formula is C28H29F2N5OS. The molecule has 2 N–H and O–H groups in total. The van der Waals surface area contributed by atoms with Gasteiger partial charge in [0.05, 0.1) is 35.6 Å². The van der Waals surface area contributed by atoms with E-state index < -0.39 is 11.6 Å². The van der Waals surface area contributed by atoms with Crippen LogP contribution < -0.4 is 16.2 Å². The molecule has 3 aliphatic heterocycles. The van der Waals surface area contributed by atoms with Crippen molar-refractivity contribution in [3.05, 3.63) is 50.7 Å². The number of ether oxygens (including phenoxy) is 1. The highest BCUT2D eigenvalue weighted by molar-refractivity contribution is 7.99. The zero-order chi connectivity index (χ0) is 26.4. The van der Waals surface area contributed by atoms with Crippen LogP contribution in [0.3, 0.4) is 0 Å². The lowest BCUT2D eigenvalue weighted by Crippen LogP contribution is -2.35. The maximum Gasteiger partial charge on any atom is 0.155 e. The smallest absolute Gasteiger partial charge is 0.155 e. The number of rotatable bonds is 2. The van der Waals surface area contributed by atoms with Gasteiger partial charge in [-0.1, -0.05) is 12.5 Å². The zero-order valence-electron chi connectivity index (χ0n) is 21.4. The molecule has 1 saturated heterocycles. The average Bonchev–Trinajstić information content (AvgIpc) is 3.52. The van der Waals surface area contributed by atoms with E-state index in [9.17, 15) is 9.65 Å². The topological polar surface area (TPSA) is 87.5 Å². The fraction of sp³-hybridized carbons (Fsp3) is 0.393. The normalized spacial score (nSPS) is 19.8. The maximum atomic E-state index is 16.6. The zero-order valence-corrected chi connectivity index (χ0v) is 22.2. The second kappa shape index (κ2) is 9.92. The van der Waals surface area contributed by atoms with Crippen LogP contribution in [0.5, 0.6) is 0 Å². The van der Waals surface area contributed by atoms with E-state index in [-0.39, 0.29) is 39.6 Å². The number of amidine groups is 1. The van der Waals surface area contributed by atoms with E-state index in [0.29, 0.717) is 34.2 Å². The summed E-state index contributed by atoms with van der Waals surface area (Å²) in [7, 11) is 0. The van der Waals surface area contributed by atoms with E-state index in [2.05, 4.69) is 22.9 Å². The third kappa shape index (κ3) is 4.32. The van der Waals surface area contributed by atoms with Crippen LogP contribution in [0, 0.1) is 28.9 Å². The molecule has 37 heavy (non-hydrogen) atoms. The van der Waals surface area contributed by atoms with Crippen molar-refractivity contribution in [2.45, 2.75) is 52.2 Å². The van der Waals surface area contributed by atoms with Crippen molar-refractivity contribution in [2.24, 2.45) is 16.6 Å².